The van der Waals surface area contributed by atoms with Gasteiger partial charge in [-0.15, -0.1) is 0 Å². The minimum Gasteiger partial charge on any atom is -0.414 e. The molecule has 0 N–H and O–H groups in total. The van der Waals surface area contributed by atoms with Crippen molar-refractivity contribution in [3.63, 3.8) is 0 Å². The van der Waals surface area contributed by atoms with Crippen LogP contribution in [0.3, 0.4) is 0 Å². The van der Waals surface area contributed by atoms with Crippen LogP contribution >= 0.6 is 0 Å². The maximum atomic E-state index is 7.13. The molecule has 3 atom stereocenters. The molecule has 2 heterocycles. The van der Waals surface area contributed by atoms with Gasteiger partial charge in [0, 0.05) is 12.7 Å². The summed E-state index contributed by atoms with van der Waals surface area (Å²) in [5, 5.41) is 0. The summed E-state index contributed by atoms with van der Waals surface area (Å²) in [7, 11) is -3.48. The van der Waals surface area contributed by atoms with Gasteiger partial charge in [-0.1, -0.05) is 62.0 Å². The summed E-state index contributed by atoms with van der Waals surface area (Å²) in [6, 6.07) is 0. The van der Waals surface area contributed by atoms with Crippen LogP contribution in [0.5, 0.6) is 0 Å². The molecule has 2 fully saturated rings. The fraction of sp³-hybridized carbons (Fsp3) is 0.895. The van der Waals surface area contributed by atoms with Gasteiger partial charge >= 0.3 is 17.1 Å². The maximum absolute atomic E-state index is 7.13. The van der Waals surface area contributed by atoms with Gasteiger partial charge in [0.05, 0.1) is 6.61 Å². The van der Waals surface area contributed by atoms with Crippen molar-refractivity contribution in [2.24, 2.45) is 0 Å². The summed E-state index contributed by atoms with van der Waals surface area (Å²) in [5.74, 6) is 0. The molecule has 1 unspecified atom stereocenters. The lowest BCUT2D eigenvalue weighted by molar-refractivity contribution is -0.121. The highest BCUT2D eigenvalue weighted by Gasteiger charge is 2.60. The molecular formula is C19H38O5Si2. The Labute approximate surface area is 161 Å². The molecule has 152 valence electrons. The van der Waals surface area contributed by atoms with Gasteiger partial charge < -0.3 is 22.4 Å². The van der Waals surface area contributed by atoms with E-state index in [1.165, 1.54) is 0 Å². The summed E-state index contributed by atoms with van der Waals surface area (Å²) in [6.45, 7) is 22.4. The molecule has 2 rings (SSSR count). The molecule has 0 aromatic heterocycles. The topological polar surface area (TPSA) is 46.2 Å². The van der Waals surface area contributed by atoms with Crippen molar-refractivity contribution < 1.29 is 22.4 Å². The van der Waals surface area contributed by atoms with E-state index in [4.69, 9.17) is 22.4 Å². The lowest BCUT2D eigenvalue weighted by Gasteiger charge is -2.51. The zero-order valence-electron chi connectivity index (χ0n) is 18.0. The number of hydrogen-bond acceptors (Lipinski definition) is 5. The number of hydrogen-bond donors (Lipinski definition) is 0. The van der Waals surface area contributed by atoms with Crippen molar-refractivity contribution in [3.05, 3.63) is 12.2 Å². The molecular weight excluding hydrogens is 364 g/mol. The van der Waals surface area contributed by atoms with Crippen LogP contribution in [-0.2, 0) is 22.4 Å². The summed E-state index contributed by atoms with van der Waals surface area (Å²) in [6.07, 6.45) is -0.861. The third kappa shape index (κ3) is 3.64. The van der Waals surface area contributed by atoms with Crippen molar-refractivity contribution >= 4 is 17.1 Å². The van der Waals surface area contributed by atoms with Gasteiger partial charge in [0.1, 0.15) is 12.2 Å². The van der Waals surface area contributed by atoms with Crippen LogP contribution in [0.4, 0.5) is 0 Å². The second-order valence-corrected chi connectivity index (χ2v) is 17.7. The first-order valence-corrected chi connectivity index (χ1v) is 13.8. The molecule has 0 radical (unpaired) electrons. The number of rotatable bonds is 5. The summed E-state index contributed by atoms with van der Waals surface area (Å²) >= 11 is 0. The first kappa shape index (κ1) is 22.3. The van der Waals surface area contributed by atoms with Gasteiger partial charge in [0.25, 0.3) is 0 Å². The first-order valence-electron chi connectivity index (χ1n) is 9.90. The molecule has 7 heteroatoms. The predicted octanol–water partition coefficient (Wildman–Crippen LogP) is 4.87. The van der Waals surface area contributed by atoms with Gasteiger partial charge in [0.15, 0.2) is 6.29 Å². The van der Waals surface area contributed by atoms with Gasteiger partial charge in [-0.05, 0) is 22.2 Å². The minimum atomic E-state index is -2.61. The Balaban J connectivity index is 2.54. The van der Waals surface area contributed by atoms with Crippen molar-refractivity contribution in [3.8, 4) is 0 Å². The lowest BCUT2D eigenvalue weighted by Crippen LogP contribution is -2.65. The van der Waals surface area contributed by atoms with E-state index in [9.17, 15) is 0 Å². The van der Waals surface area contributed by atoms with Crippen molar-refractivity contribution in [2.45, 2.75) is 96.1 Å². The highest BCUT2D eigenvalue weighted by Crippen LogP contribution is 2.48. The Hall–Kier alpha value is -0.0262. The summed E-state index contributed by atoms with van der Waals surface area (Å²) in [5.41, 5.74) is 2.09. The standard InChI is InChI=1S/C19H38O5Si2/c1-12(2)25(13(3)4)21-11-17-18(16(9)19(20-10)22-17)23-26(24-25,14(5)6)15(7)8/h12-15,17-19H,9,11H2,1-8,10H3/t17-,18+,19?/m1/s1. The largest absolute Gasteiger partial charge is 0.414 e. The van der Waals surface area contributed by atoms with E-state index in [1.54, 1.807) is 7.11 Å². The first-order chi connectivity index (χ1) is 12.0. The Morgan fingerprint density at radius 1 is 0.923 bits per heavy atom. The zero-order valence-corrected chi connectivity index (χ0v) is 20.0. The molecule has 0 spiro atoms. The molecule has 0 aromatic carbocycles. The third-order valence-corrected chi connectivity index (χ3v) is 16.1. The summed E-state index contributed by atoms with van der Waals surface area (Å²) < 4.78 is 32.2. The molecule has 0 aliphatic carbocycles. The molecule has 2 aliphatic rings. The average Bonchev–Trinajstić information content (AvgIpc) is 2.81. The van der Waals surface area contributed by atoms with E-state index < -0.39 is 23.4 Å². The van der Waals surface area contributed by atoms with E-state index in [-0.39, 0.29) is 12.2 Å². The minimum absolute atomic E-state index is 0.190. The van der Waals surface area contributed by atoms with Crippen LogP contribution in [0.1, 0.15) is 55.4 Å². The second-order valence-electron chi connectivity index (χ2n) is 8.83. The highest BCUT2D eigenvalue weighted by atomic mass is 28.5. The average molecular weight is 403 g/mol. The van der Waals surface area contributed by atoms with E-state index in [0.29, 0.717) is 28.8 Å². The number of methoxy groups -OCH3 is 1. The van der Waals surface area contributed by atoms with Crippen LogP contribution in [0.2, 0.25) is 22.2 Å². The fourth-order valence-corrected chi connectivity index (χ4v) is 15.5. The second kappa shape index (κ2) is 8.15. The molecule has 2 aliphatic heterocycles. The monoisotopic (exact) mass is 402 g/mol. The van der Waals surface area contributed by atoms with E-state index in [0.717, 1.165) is 5.57 Å². The quantitative estimate of drug-likeness (QED) is 0.485. The molecule has 0 aromatic rings. The van der Waals surface area contributed by atoms with Crippen molar-refractivity contribution in [1.82, 2.24) is 0 Å². The van der Waals surface area contributed by atoms with Crippen LogP contribution in [0, 0.1) is 0 Å². The number of ether oxygens (including phenoxy) is 2. The zero-order chi connectivity index (χ0) is 19.9. The van der Waals surface area contributed by atoms with Gasteiger partial charge in [-0.25, -0.2) is 0 Å². The predicted molar refractivity (Wildman–Crippen MR) is 109 cm³/mol. The molecule has 2 saturated heterocycles. The maximum Gasteiger partial charge on any atom is 0.335 e. The van der Waals surface area contributed by atoms with Crippen molar-refractivity contribution in [1.29, 1.82) is 0 Å². The fourth-order valence-electron chi connectivity index (χ4n) is 4.30. The van der Waals surface area contributed by atoms with Gasteiger partial charge in [-0.2, -0.15) is 0 Å². The molecule has 0 bridgehead atoms. The molecule has 0 amide bonds. The van der Waals surface area contributed by atoms with Crippen LogP contribution in [-0.4, -0.2) is 49.3 Å². The van der Waals surface area contributed by atoms with Crippen LogP contribution in [0.25, 0.3) is 0 Å². The molecule has 0 saturated carbocycles. The van der Waals surface area contributed by atoms with E-state index >= 15 is 0 Å². The highest BCUT2D eigenvalue weighted by molar-refractivity contribution is 6.84. The number of fused-ring (bicyclic) bond motifs is 1. The summed E-state index contributed by atoms with van der Waals surface area (Å²) in [4.78, 5) is 0. The Bertz CT molecular complexity index is 490. The van der Waals surface area contributed by atoms with Crippen LogP contribution in [0.15, 0.2) is 12.2 Å². The normalized spacial score (nSPS) is 31.6. The SMILES string of the molecule is C=C1C(OC)O[C@@H]2CO[Si](C(C)C)(C(C)C)O[Si](C(C)C)(C(C)C)O[C@@H]12. The van der Waals surface area contributed by atoms with Crippen LogP contribution < -0.4 is 0 Å². The smallest absolute Gasteiger partial charge is 0.335 e. The van der Waals surface area contributed by atoms with Crippen molar-refractivity contribution in [2.75, 3.05) is 13.7 Å². The third-order valence-electron chi connectivity index (χ3n) is 5.84. The van der Waals surface area contributed by atoms with E-state index in [1.807, 2.05) is 0 Å². The molecule has 26 heavy (non-hydrogen) atoms. The van der Waals surface area contributed by atoms with E-state index in [2.05, 4.69) is 62.0 Å². The Morgan fingerprint density at radius 2 is 1.42 bits per heavy atom. The lowest BCUT2D eigenvalue weighted by atomic mass is 10.1. The van der Waals surface area contributed by atoms with Gasteiger partial charge in [0.2, 0.25) is 0 Å². The Kier molecular flexibility index (Phi) is 6.98. The van der Waals surface area contributed by atoms with Gasteiger partial charge in [-0.3, -0.25) is 0 Å². The Morgan fingerprint density at radius 3 is 1.85 bits per heavy atom. The molecule has 5 nitrogen and oxygen atoms in total.